The molecule has 0 aliphatic rings. The van der Waals surface area contributed by atoms with Gasteiger partial charge in [-0.1, -0.05) is 19.1 Å². The molecule has 0 aliphatic heterocycles. The lowest BCUT2D eigenvalue weighted by molar-refractivity contribution is 0.678. The summed E-state index contributed by atoms with van der Waals surface area (Å²) in [5.74, 6) is 1.59. The van der Waals surface area contributed by atoms with E-state index in [0.29, 0.717) is 17.0 Å². The van der Waals surface area contributed by atoms with Crippen LogP contribution >= 0.6 is 0 Å². The van der Waals surface area contributed by atoms with E-state index in [2.05, 4.69) is 23.3 Å². The summed E-state index contributed by atoms with van der Waals surface area (Å²) in [5.41, 5.74) is 4.16. The van der Waals surface area contributed by atoms with Gasteiger partial charge in [-0.15, -0.1) is 0 Å². The lowest BCUT2D eigenvalue weighted by Gasteiger charge is -2.18. The molecule has 25 heavy (non-hydrogen) atoms. The number of rotatable bonds is 6. The molecular weight excluding hydrogens is 332 g/mol. The number of aryl methyl sites for hydroxylation is 1. The fourth-order valence-corrected chi connectivity index (χ4v) is 3.74. The molecule has 5 nitrogen and oxygen atoms in total. The lowest BCUT2D eigenvalue weighted by Crippen LogP contribution is -2.20. The minimum Gasteiger partial charge on any atom is -0.369 e. The summed E-state index contributed by atoms with van der Waals surface area (Å²) in [6, 6.07) is 12.4. The topological polar surface area (TPSA) is 70.2 Å². The molecule has 3 aromatic rings. The number of nitriles is 1. The van der Waals surface area contributed by atoms with Crippen molar-refractivity contribution in [1.82, 2.24) is 9.38 Å². The Kier molecular flexibility index (Phi) is 5.05. The molecule has 6 heteroatoms. The molecule has 1 aromatic carbocycles. The standard InChI is InChI=1S/C19H22N4OS/c1-4-14-11-18(21-13(2)9-10-25(3)24)23-17-8-6-5-7-16(17)22-19(23)15(14)12-20/h5-8,11,13,21H,4,9-10H2,1-3H3/t13-,25+/m1/s1. The van der Waals surface area contributed by atoms with Gasteiger partial charge in [-0.05, 0) is 43.5 Å². The first-order valence-corrected chi connectivity index (χ1v) is 10.2. The third-order valence-corrected chi connectivity index (χ3v) is 5.19. The molecule has 3 rings (SSSR count). The maximum absolute atomic E-state index is 11.4. The molecule has 0 aliphatic carbocycles. The van der Waals surface area contributed by atoms with Crippen LogP contribution in [-0.2, 0) is 17.2 Å². The number of nitrogens with one attached hydrogen (secondary N) is 1. The predicted molar refractivity (Wildman–Crippen MR) is 103 cm³/mol. The fourth-order valence-electron chi connectivity index (χ4n) is 3.06. The zero-order chi connectivity index (χ0) is 18.0. The van der Waals surface area contributed by atoms with E-state index in [1.54, 1.807) is 6.26 Å². The number of para-hydroxylation sites is 2. The summed E-state index contributed by atoms with van der Waals surface area (Å²) in [4.78, 5) is 4.69. The van der Waals surface area contributed by atoms with E-state index in [4.69, 9.17) is 0 Å². The monoisotopic (exact) mass is 354 g/mol. The van der Waals surface area contributed by atoms with Gasteiger partial charge in [-0.2, -0.15) is 5.26 Å². The highest BCUT2D eigenvalue weighted by atomic mass is 32.2. The van der Waals surface area contributed by atoms with Crippen molar-refractivity contribution in [2.24, 2.45) is 0 Å². The molecule has 0 bridgehead atoms. The highest BCUT2D eigenvalue weighted by Gasteiger charge is 2.17. The molecule has 0 saturated carbocycles. The Morgan fingerprint density at radius 2 is 2.16 bits per heavy atom. The Morgan fingerprint density at radius 3 is 2.84 bits per heavy atom. The van der Waals surface area contributed by atoms with Gasteiger partial charge >= 0.3 is 0 Å². The molecule has 0 unspecified atom stereocenters. The van der Waals surface area contributed by atoms with Crippen molar-refractivity contribution in [2.45, 2.75) is 32.7 Å². The van der Waals surface area contributed by atoms with Gasteiger partial charge in [0, 0.05) is 28.9 Å². The van der Waals surface area contributed by atoms with Crippen LogP contribution in [0.25, 0.3) is 16.7 Å². The van der Waals surface area contributed by atoms with Gasteiger partial charge < -0.3 is 5.32 Å². The molecule has 0 saturated heterocycles. The van der Waals surface area contributed by atoms with Crippen LogP contribution in [0.4, 0.5) is 5.82 Å². The third kappa shape index (κ3) is 3.38. The van der Waals surface area contributed by atoms with Crippen LogP contribution in [0, 0.1) is 11.3 Å². The van der Waals surface area contributed by atoms with Crippen LogP contribution < -0.4 is 5.32 Å². The number of pyridine rings is 1. The first-order valence-electron chi connectivity index (χ1n) is 8.44. The van der Waals surface area contributed by atoms with E-state index in [1.165, 1.54) is 0 Å². The van der Waals surface area contributed by atoms with Gasteiger partial charge in [0.25, 0.3) is 0 Å². The lowest BCUT2D eigenvalue weighted by atomic mass is 10.1. The van der Waals surface area contributed by atoms with Gasteiger partial charge in [0.15, 0.2) is 5.65 Å². The Morgan fingerprint density at radius 1 is 1.40 bits per heavy atom. The Labute approximate surface area is 150 Å². The van der Waals surface area contributed by atoms with E-state index >= 15 is 0 Å². The van der Waals surface area contributed by atoms with Gasteiger partial charge in [0.2, 0.25) is 0 Å². The molecule has 130 valence electrons. The van der Waals surface area contributed by atoms with Crippen LogP contribution in [0.15, 0.2) is 30.3 Å². The molecule has 1 N–H and O–H groups in total. The van der Waals surface area contributed by atoms with E-state index in [0.717, 1.165) is 35.3 Å². The highest BCUT2D eigenvalue weighted by molar-refractivity contribution is 7.84. The quantitative estimate of drug-likeness (QED) is 0.735. The summed E-state index contributed by atoms with van der Waals surface area (Å²) in [6.45, 7) is 4.13. The Bertz CT molecular complexity index is 986. The number of aromatic nitrogens is 2. The third-order valence-electron chi connectivity index (χ3n) is 4.38. The highest BCUT2D eigenvalue weighted by Crippen LogP contribution is 2.27. The minimum atomic E-state index is -0.799. The van der Waals surface area contributed by atoms with Crippen molar-refractivity contribution in [3.05, 3.63) is 41.5 Å². The second kappa shape index (κ2) is 7.24. The number of imidazole rings is 1. The number of benzene rings is 1. The summed E-state index contributed by atoms with van der Waals surface area (Å²) in [6.07, 6.45) is 3.31. The SMILES string of the molecule is CCc1cc(N[C@H](C)CC[S@](C)=O)n2c(nc3ccccc32)c1C#N. The molecule has 0 amide bonds. The van der Waals surface area contributed by atoms with Crippen molar-refractivity contribution < 1.29 is 4.21 Å². The average Bonchev–Trinajstić information content (AvgIpc) is 2.99. The molecule has 0 spiro atoms. The predicted octanol–water partition coefficient (Wildman–Crippen LogP) is 3.49. The van der Waals surface area contributed by atoms with Gasteiger partial charge in [-0.3, -0.25) is 8.61 Å². The van der Waals surface area contributed by atoms with Crippen molar-refractivity contribution in [1.29, 1.82) is 5.26 Å². The smallest absolute Gasteiger partial charge is 0.157 e. The zero-order valence-electron chi connectivity index (χ0n) is 14.7. The van der Waals surface area contributed by atoms with Gasteiger partial charge in [0.05, 0.1) is 16.6 Å². The average molecular weight is 354 g/mol. The molecule has 2 heterocycles. The molecule has 2 aromatic heterocycles. The first kappa shape index (κ1) is 17.4. The van der Waals surface area contributed by atoms with Crippen LogP contribution in [-0.4, -0.2) is 31.6 Å². The van der Waals surface area contributed by atoms with Crippen molar-refractivity contribution in [2.75, 3.05) is 17.3 Å². The summed E-state index contributed by atoms with van der Waals surface area (Å²) in [5, 5.41) is 13.2. The van der Waals surface area contributed by atoms with Crippen molar-refractivity contribution >= 4 is 33.3 Å². The van der Waals surface area contributed by atoms with E-state index in [-0.39, 0.29) is 6.04 Å². The number of nitrogens with zero attached hydrogens (tertiary/aromatic N) is 3. The van der Waals surface area contributed by atoms with Crippen LogP contribution in [0.5, 0.6) is 0 Å². The first-order chi connectivity index (χ1) is 12.0. The number of hydrogen-bond donors (Lipinski definition) is 1. The Hall–Kier alpha value is -2.39. The second-order valence-electron chi connectivity index (χ2n) is 6.27. The molecular formula is C19H22N4OS. The van der Waals surface area contributed by atoms with Gasteiger partial charge in [-0.25, -0.2) is 4.98 Å². The summed E-state index contributed by atoms with van der Waals surface area (Å²) in [7, 11) is -0.799. The molecule has 0 fully saturated rings. The molecule has 0 radical (unpaired) electrons. The van der Waals surface area contributed by atoms with Crippen LogP contribution in [0.1, 0.15) is 31.4 Å². The van der Waals surface area contributed by atoms with E-state index in [1.807, 2.05) is 41.7 Å². The number of fused-ring (bicyclic) bond motifs is 3. The summed E-state index contributed by atoms with van der Waals surface area (Å²) < 4.78 is 13.4. The van der Waals surface area contributed by atoms with Crippen LogP contribution in [0.2, 0.25) is 0 Å². The number of anilines is 1. The minimum absolute atomic E-state index is 0.172. The number of hydrogen-bond acceptors (Lipinski definition) is 4. The largest absolute Gasteiger partial charge is 0.369 e. The van der Waals surface area contributed by atoms with E-state index < -0.39 is 10.8 Å². The second-order valence-corrected chi connectivity index (χ2v) is 7.82. The van der Waals surface area contributed by atoms with Crippen molar-refractivity contribution in [3.8, 4) is 6.07 Å². The normalized spacial score (nSPS) is 13.7. The maximum atomic E-state index is 11.4. The van der Waals surface area contributed by atoms with E-state index in [9.17, 15) is 9.47 Å². The summed E-state index contributed by atoms with van der Waals surface area (Å²) >= 11 is 0. The van der Waals surface area contributed by atoms with Crippen LogP contribution in [0.3, 0.4) is 0 Å². The zero-order valence-corrected chi connectivity index (χ0v) is 15.6. The maximum Gasteiger partial charge on any atom is 0.157 e. The fraction of sp³-hybridized carbons (Fsp3) is 0.368. The Balaban J connectivity index is 2.16. The molecule has 2 atom stereocenters. The van der Waals surface area contributed by atoms with Crippen molar-refractivity contribution in [3.63, 3.8) is 0 Å². The van der Waals surface area contributed by atoms with Gasteiger partial charge in [0.1, 0.15) is 11.9 Å².